The first-order valence-corrected chi connectivity index (χ1v) is 11.1. The first-order chi connectivity index (χ1) is 17.1. The van der Waals surface area contributed by atoms with Gasteiger partial charge in [-0.05, 0) is 47.0 Å². The number of nitrogens with one attached hydrogen (secondary N) is 2. The number of hydrogen-bond donors (Lipinski definition) is 2. The Morgan fingerprint density at radius 2 is 1.49 bits per heavy atom. The number of pyridine rings is 1. The summed E-state index contributed by atoms with van der Waals surface area (Å²) in [7, 11) is 1.31. The summed E-state index contributed by atoms with van der Waals surface area (Å²) >= 11 is 0. The molecule has 0 atom stereocenters. The molecule has 7 heteroatoms. The van der Waals surface area contributed by atoms with E-state index in [2.05, 4.69) is 15.6 Å². The van der Waals surface area contributed by atoms with E-state index in [-0.39, 0.29) is 5.56 Å². The second-order valence-corrected chi connectivity index (χ2v) is 7.68. The van der Waals surface area contributed by atoms with Crippen molar-refractivity contribution in [2.75, 3.05) is 12.4 Å². The SMILES string of the molecule is COC(=O)c1cc(NC(=O)NCc2ccncc2)ccc1OC(c1ccccc1)c1ccccc1. The third kappa shape index (κ3) is 6.23. The normalized spacial score (nSPS) is 10.5. The molecule has 0 unspecified atom stereocenters. The van der Waals surface area contributed by atoms with Gasteiger partial charge in [0.15, 0.2) is 0 Å². The highest BCUT2D eigenvalue weighted by Crippen LogP contribution is 2.32. The molecule has 0 spiro atoms. The van der Waals surface area contributed by atoms with Crippen LogP contribution in [0.4, 0.5) is 10.5 Å². The molecule has 2 amide bonds. The topological polar surface area (TPSA) is 89.5 Å². The largest absolute Gasteiger partial charge is 0.480 e. The van der Waals surface area contributed by atoms with Gasteiger partial charge in [0, 0.05) is 24.6 Å². The maximum Gasteiger partial charge on any atom is 0.341 e. The number of carbonyl (C=O) groups excluding carboxylic acids is 2. The van der Waals surface area contributed by atoms with Gasteiger partial charge in [-0.25, -0.2) is 9.59 Å². The van der Waals surface area contributed by atoms with Crippen LogP contribution in [0.5, 0.6) is 5.75 Å². The Labute approximate surface area is 203 Å². The van der Waals surface area contributed by atoms with Crippen molar-refractivity contribution in [3.63, 3.8) is 0 Å². The molecule has 0 aliphatic rings. The zero-order valence-electron chi connectivity index (χ0n) is 19.2. The van der Waals surface area contributed by atoms with Crippen LogP contribution in [0.2, 0.25) is 0 Å². The lowest BCUT2D eigenvalue weighted by Crippen LogP contribution is -2.28. The minimum atomic E-state index is -0.569. The first kappa shape index (κ1) is 23.5. The van der Waals surface area contributed by atoms with Gasteiger partial charge in [0.1, 0.15) is 17.4 Å². The van der Waals surface area contributed by atoms with Crippen molar-refractivity contribution in [3.8, 4) is 5.75 Å². The number of anilines is 1. The van der Waals surface area contributed by atoms with Crippen LogP contribution >= 0.6 is 0 Å². The average molecular weight is 468 g/mol. The van der Waals surface area contributed by atoms with E-state index >= 15 is 0 Å². The standard InChI is InChI=1S/C28H25N3O4/c1-34-27(32)24-18-23(31-28(33)30-19-20-14-16-29-17-15-20)12-13-25(24)35-26(21-8-4-2-5-9-21)22-10-6-3-7-11-22/h2-18,26H,19H2,1H3,(H2,30,31,33). The van der Waals surface area contributed by atoms with Gasteiger partial charge in [-0.2, -0.15) is 0 Å². The van der Waals surface area contributed by atoms with Gasteiger partial charge in [0.2, 0.25) is 0 Å². The van der Waals surface area contributed by atoms with E-state index in [1.165, 1.54) is 7.11 Å². The van der Waals surface area contributed by atoms with Crippen LogP contribution < -0.4 is 15.4 Å². The molecule has 0 saturated heterocycles. The molecule has 3 aromatic carbocycles. The molecule has 7 nitrogen and oxygen atoms in total. The van der Waals surface area contributed by atoms with Crippen LogP contribution in [0, 0.1) is 0 Å². The van der Waals surface area contributed by atoms with Gasteiger partial charge in [-0.15, -0.1) is 0 Å². The minimum Gasteiger partial charge on any atom is -0.480 e. The Hall–Kier alpha value is -4.65. The maximum atomic E-state index is 12.6. The molecule has 1 aromatic heterocycles. The monoisotopic (exact) mass is 467 g/mol. The molecule has 4 rings (SSSR count). The van der Waals surface area contributed by atoms with Crippen LogP contribution in [-0.2, 0) is 11.3 Å². The molecule has 0 radical (unpaired) electrons. The van der Waals surface area contributed by atoms with Gasteiger partial charge in [-0.3, -0.25) is 4.98 Å². The molecule has 35 heavy (non-hydrogen) atoms. The van der Waals surface area contributed by atoms with Crippen molar-refractivity contribution in [2.24, 2.45) is 0 Å². The van der Waals surface area contributed by atoms with Crippen molar-refractivity contribution in [2.45, 2.75) is 12.6 Å². The minimum absolute atomic E-state index is 0.205. The number of hydrogen-bond acceptors (Lipinski definition) is 5. The van der Waals surface area contributed by atoms with Gasteiger partial charge >= 0.3 is 12.0 Å². The Morgan fingerprint density at radius 1 is 0.857 bits per heavy atom. The molecule has 0 aliphatic carbocycles. The summed E-state index contributed by atoms with van der Waals surface area (Å²) < 4.78 is 11.4. The third-order valence-electron chi connectivity index (χ3n) is 5.29. The quantitative estimate of drug-likeness (QED) is 0.341. The Balaban J connectivity index is 1.56. The fourth-order valence-corrected chi connectivity index (χ4v) is 3.55. The second kappa shape index (κ2) is 11.5. The predicted molar refractivity (Wildman–Crippen MR) is 133 cm³/mol. The summed E-state index contributed by atoms with van der Waals surface area (Å²) in [5, 5.41) is 5.52. The Kier molecular flexibility index (Phi) is 7.70. The summed E-state index contributed by atoms with van der Waals surface area (Å²) in [5.41, 5.74) is 3.43. The molecule has 0 bridgehead atoms. The average Bonchev–Trinajstić information content (AvgIpc) is 2.92. The number of nitrogens with zero attached hydrogens (tertiary/aromatic N) is 1. The van der Waals surface area contributed by atoms with Gasteiger partial charge < -0.3 is 20.1 Å². The number of rotatable bonds is 8. The summed E-state index contributed by atoms with van der Waals surface area (Å²) in [6, 6.07) is 27.6. The molecular formula is C28H25N3O4. The fourth-order valence-electron chi connectivity index (χ4n) is 3.55. The smallest absolute Gasteiger partial charge is 0.341 e. The number of ether oxygens (including phenoxy) is 2. The van der Waals surface area contributed by atoms with Crippen molar-refractivity contribution >= 4 is 17.7 Å². The molecule has 176 valence electrons. The predicted octanol–water partition coefficient (Wildman–Crippen LogP) is 5.36. The van der Waals surface area contributed by atoms with Crippen LogP contribution in [0.15, 0.2) is 103 Å². The Morgan fingerprint density at radius 3 is 2.09 bits per heavy atom. The van der Waals surface area contributed by atoms with Crippen LogP contribution in [0.3, 0.4) is 0 Å². The van der Waals surface area contributed by atoms with Crippen LogP contribution in [0.1, 0.15) is 33.2 Å². The molecule has 0 fully saturated rings. The summed E-state index contributed by atoms with van der Waals surface area (Å²) in [6.07, 6.45) is 2.88. The van der Waals surface area contributed by atoms with Crippen molar-refractivity contribution < 1.29 is 19.1 Å². The Bertz CT molecular complexity index is 1230. The van der Waals surface area contributed by atoms with E-state index in [0.29, 0.717) is 18.0 Å². The second-order valence-electron chi connectivity index (χ2n) is 7.68. The number of amides is 2. The maximum absolute atomic E-state index is 12.6. The summed E-state index contributed by atoms with van der Waals surface area (Å²) in [6.45, 7) is 0.342. The zero-order chi connectivity index (χ0) is 24.5. The van der Waals surface area contributed by atoms with Crippen molar-refractivity contribution in [1.82, 2.24) is 10.3 Å². The lowest BCUT2D eigenvalue weighted by Gasteiger charge is -2.22. The summed E-state index contributed by atoms with van der Waals surface area (Å²) in [5.74, 6) is -0.224. The van der Waals surface area contributed by atoms with E-state index in [9.17, 15) is 9.59 Å². The van der Waals surface area contributed by atoms with Crippen LogP contribution in [0.25, 0.3) is 0 Å². The van der Waals surface area contributed by atoms with Crippen molar-refractivity contribution in [3.05, 3.63) is 126 Å². The van der Waals surface area contributed by atoms with E-state index in [0.717, 1.165) is 16.7 Å². The lowest BCUT2D eigenvalue weighted by atomic mass is 10.0. The molecule has 1 heterocycles. The molecular weight excluding hydrogens is 442 g/mol. The van der Waals surface area contributed by atoms with Gasteiger partial charge in [-0.1, -0.05) is 60.7 Å². The number of esters is 1. The highest BCUT2D eigenvalue weighted by atomic mass is 16.5. The third-order valence-corrected chi connectivity index (χ3v) is 5.29. The van der Waals surface area contributed by atoms with E-state index in [1.807, 2.05) is 72.8 Å². The van der Waals surface area contributed by atoms with Crippen molar-refractivity contribution in [1.29, 1.82) is 0 Å². The van der Waals surface area contributed by atoms with Crippen LogP contribution in [-0.4, -0.2) is 24.1 Å². The molecule has 0 aliphatic heterocycles. The molecule has 2 N–H and O–H groups in total. The zero-order valence-corrected chi connectivity index (χ0v) is 19.2. The highest BCUT2D eigenvalue weighted by molar-refractivity contribution is 5.96. The van der Waals surface area contributed by atoms with E-state index < -0.39 is 18.1 Å². The number of aromatic nitrogens is 1. The molecule has 4 aromatic rings. The van der Waals surface area contributed by atoms with Gasteiger partial charge in [0.25, 0.3) is 0 Å². The first-order valence-electron chi connectivity index (χ1n) is 11.1. The number of carbonyl (C=O) groups is 2. The number of urea groups is 1. The lowest BCUT2D eigenvalue weighted by molar-refractivity contribution is 0.0594. The van der Waals surface area contributed by atoms with Gasteiger partial charge in [0.05, 0.1) is 7.11 Å². The number of benzene rings is 3. The van der Waals surface area contributed by atoms with E-state index in [4.69, 9.17) is 9.47 Å². The molecule has 0 saturated carbocycles. The highest BCUT2D eigenvalue weighted by Gasteiger charge is 2.21. The number of methoxy groups -OCH3 is 1. The van der Waals surface area contributed by atoms with E-state index in [1.54, 1.807) is 30.6 Å². The summed E-state index contributed by atoms with van der Waals surface area (Å²) in [4.78, 5) is 28.9. The fraction of sp³-hybridized carbons (Fsp3) is 0.107.